The van der Waals surface area contributed by atoms with Crippen LogP contribution in [0.4, 0.5) is 0 Å². The number of likely N-dealkylation sites (N-methyl/N-ethyl adjacent to an activating group) is 1. The van der Waals surface area contributed by atoms with Crippen LogP contribution in [0.15, 0.2) is 0 Å². The average Bonchev–Trinajstić information content (AvgIpc) is 2.75. The molecule has 1 unspecified atom stereocenters. The lowest BCUT2D eigenvalue weighted by Crippen LogP contribution is -2.47. The second-order valence-electron chi connectivity index (χ2n) is 4.53. The molecule has 6 heteroatoms. The predicted octanol–water partition coefficient (Wildman–Crippen LogP) is 0.214. The molecule has 2 heterocycles. The highest BCUT2D eigenvalue weighted by Crippen LogP contribution is 2.10. The first-order valence-corrected chi connectivity index (χ1v) is 6.03. The van der Waals surface area contributed by atoms with Crippen molar-refractivity contribution in [2.24, 2.45) is 0 Å². The molecule has 2 N–H and O–H groups in total. The standard InChI is InChI=1S/C11H19N5O/c1-8-13-10(15-14-8)7-16(2)11(17)9-5-3-4-6-12-9/h9,12H,3-7H2,1-2H3,(H,13,14,15). The Morgan fingerprint density at radius 3 is 2.94 bits per heavy atom. The first kappa shape index (κ1) is 12.0. The van der Waals surface area contributed by atoms with Crippen molar-refractivity contribution in [3.05, 3.63) is 11.6 Å². The maximum Gasteiger partial charge on any atom is 0.239 e. The lowest BCUT2D eigenvalue weighted by atomic mass is 10.0. The largest absolute Gasteiger partial charge is 0.337 e. The molecule has 2 rings (SSSR count). The summed E-state index contributed by atoms with van der Waals surface area (Å²) in [7, 11) is 1.80. The molecule has 1 aliphatic rings. The van der Waals surface area contributed by atoms with Crippen molar-refractivity contribution in [1.29, 1.82) is 0 Å². The van der Waals surface area contributed by atoms with Gasteiger partial charge in [0.05, 0.1) is 12.6 Å². The van der Waals surface area contributed by atoms with Crippen molar-refractivity contribution < 1.29 is 4.79 Å². The van der Waals surface area contributed by atoms with Crippen molar-refractivity contribution in [3.8, 4) is 0 Å². The monoisotopic (exact) mass is 237 g/mol. The highest BCUT2D eigenvalue weighted by Gasteiger charge is 2.24. The molecular formula is C11H19N5O. The molecule has 0 spiro atoms. The highest BCUT2D eigenvalue weighted by molar-refractivity contribution is 5.81. The Morgan fingerprint density at radius 2 is 2.35 bits per heavy atom. The van der Waals surface area contributed by atoms with E-state index in [0.717, 1.165) is 31.6 Å². The quantitative estimate of drug-likeness (QED) is 0.788. The van der Waals surface area contributed by atoms with E-state index in [1.165, 1.54) is 0 Å². The zero-order valence-corrected chi connectivity index (χ0v) is 10.4. The topological polar surface area (TPSA) is 73.9 Å². The molecular weight excluding hydrogens is 218 g/mol. The van der Waals surface area contributed by atoms with Crippen molar-refractivity contribution in [2.45, 2.75) is 38.8 Å². The fraction of sp³-hybridized carbons (Fsp3) is 0.727. The van der Waals surface area contributed by atoms with Gasteiger partial charge in [0.1, 0.15) is 5.82 Å². The van der Waals surface area contributed by atoms with E-state index in [-0.39, 0.29) is 11.9 Å². The van der Waals surface area contributed by atoms with Gasteiger partial charge in [0.15, 0.2) is 5.82 Å². The van der Waals surface area contributed by atoms with Crippen LogP contribution in [0.3, 0.4) is 0 Å². The van der Waals surface area contributed by atoms with Gasteiger partial charge in [-0.15, -0.1) is 0 Å². The Morgan fingerprint density at radius 1 is 1.53 bits per heavy atom. The third-order valence-corrected chi connectivity index (χ3v) is 3.01. The van der Waals surface area contributed by atoms with Gasteiger partial charge in [-0.2, -0.15) is 5.10 Å². The Kier molecular flexibility index (Phi) is 3.73. The van der Waals surface area contributed by atoms with Crippen LogP contribution in [0.25, 0.3) is 0 Å². The summed E-state index contributed by atoms with van der Waals surface area (Å²) >= 11 is 0. The van der Waals surface area contributed by atoms with E-state index in [1.807, 2.05) is 6.92 Å². The lowest BCUT2D eigenvalue weighted by Gasteiger charge is -2.26. The number of carbonyl (C=O) groups is 1. The average molecular weight is 237 g/mol. The normalized spacial score (nSPS) is 20.2. The van der Waals surface area contributed by atoms with Crippen LogP contribution in [-0.2, 0) is 11.3 Å². The van der Waals surface area contributed by atoms with Gasteiger partial charge in [-0.3, -0.25) is 9.89 Å². The van der Waals surface area contributed by atoms with Gasteiger partial charge in [0, 0.05) is 7.05 Å². The minimum atomic E-state index is -0.0335. The van der Waals surface area contributed by atoms with Gasteiger partial charge in [-0.1, -0.05) is 6.42 Å². The van der Waals surface area contributed by atoms with E-state index in [1.54, 1.807) is 11.9 Å². The third-order valence-electron chi connectivity index (χ3n) is 3.01. The van der Waals surface area contributed by atoms with Crippen LogP contribution in [0, 0.1) is 6.92 Å². The molecule has 0 aromatic carbocycles. The number of H-pyrrole nitrogens is 1. The molecule has 1 aromatic heterocycles. The fourth-order valence-electron chi connectivity index (χ4n) is 2.08. The number of aromatic nitrogens is 3. The minimum Gasteiger partial charge on any atom is -0.337 e. The molecule has 1 saturated heterocycles. The van der Waals surface area contributed by atoms with E-state index >= 15 is 0 Å². The minimum absolute atomic E-state index is 0.0335. The SMILES string of the molecule is Cc1nc(CN(C)C(=O)C2CCCCN2)n[nH]1. The summed E-state index contributed by atoms with van der Waals surface area (Å²) in [6.07, 6.45) is 3.21. The van der Waals surface area contributed by atoms with Gasteiger partial charge in [-0.05, 0) is 26.3 Å². The number of amides is 1. The number of nitrogens with one attached hydrogen (secondary N) is 2. The second kappa shape index (κ2) is 5.27. The third kappa shape index (κ3) is 3.03. The summed E-state index contributed by atoms with van der Waals surface area (Å²) in [5, 5.41) is 10.1. The Bertz CT molecular complexity index is 383. The van der Waals surface area contributed by atoms with Crippen LogP contribution >= 0.6 is 0 Å². The van der Waals surface area contributed by atoms with Crippen LogP contribution in [0.2, 0.25) is 0 Å². The van der Waals surface area contributed by atoms with Gasteiger partial charge in [0.2, 0.25) is 5.91 Å². The van der Waals surface area contributed by atoms with Crippen molar-refractivity contribution in [1.82, 2.24) is 25.4 Å². The molecule has 1 aromatic rings. The second-order valence-corrected chi connectivity index (χ2v) is 4.53. The molecule has 0 saturated carbocycles. The van der Waals surface area contributed by atoms with Gasteiger partial charge in [-0.25, -0.2) is 4.98 Å². The lowest BCUT2D eigenvalue weighted by molar-refractivity contribution is -0.133. The van der Waals surface area contributed by atoms with Gasteiger partial charge in [0.25, 0.3) is 0 Å². The molecule has 1 fully saturated rings. The first-order valence-electron chi connectivity index (χ1n) is 6.03. The van der Waals surface area contributed by atoms with Crippen molar-refractivity contribution in [3.63, 3.8) is 0 Å². The summed E-state index contributed by atoms with van der Waals surface area (Å²) < 4.78 is 0. The summed E-state index contributed by atoms with van der Waals surface area (Å²) in [6.45, 7) is 3.24. The van der Waals surface area contributed by atoms with E-state index < -0.39 is 0 Å². The van der Waals surface area contributed by atoms with Crippen LogP contribution in [0.1, 0.15) is 30.9 Å². The number of carbonyl (C=O) groups excluding carboxylic acids is 1. The molecule has 17 heavy (non-hydrogen) atoms. The maximum atomic E-state index is 12.1. The number of aryl methyl sites for hydroxylation is 1. The Balaban J connectivity index is 1.90. The zero-order chi connectivity index (χ0) is 12.3. The molecule has 0 bridgehead atoms. The number of piperidine rings is 1. The van der Waals surface area contributed by atoms with E-state index in [9.17, 15) is 4.79 Å². The summed E-state index contributed by atoms with van der Waals surface area (Å²) in [5.41, 5.74) is 0. The van der Waals surface area contributed by atoms with E-state index in [4.69, 9.17) is 0 Å². The van der Waals surface area contributed by atoms with Crippen molar-refractivity contribution in [2.75, 3.05) is 13.6 Å². The van der Waals surface area contributed by atoms with E-state index in [2.05, 4.69) is 20.5 Å². The maximum absolute atomic E-state index is 12.1. The van der Waals surface area contributed by atoms with Crippen LogP contribution in [0.5, 0.6) is 0 Å². The molecule has 1 atom stereocenters. The molecule has 6 nitrogen and oxygen atoms in total. The number of hydrogen-bond donors (Lipinski definition) is 2. The Labute approximate surface area is 101 Å². The zero-order valence-electron chi connectivity index (χ0n) is 10.4. The summed E-state index contributed by atoms with van der Waals surface area (Å²) in [5.74, 6) is 1.57. The molecule has 1 amide bonds. The molecule has 0 radical (unpaired) electrons. The molecule has 1 aliphatic heterocycles. The van der Waals surface area contributed by atoms with E-state index in [0.29, 0.717) is 12.4 Å². The number of nitrogens with zero attached hydrogens (tertiary/aromatic N) is 3. The highest BCUT2D eigenvalue weighted by atomic mass is 16.2. The van der Waals surface area contributed by atoms with Crippen LogP contribution in [-0.4, -0.2) is 45.6 Å². The summed E-state index contributed by atoms with van der Waals surface area (Å²) in [4.78, 5) is 18.0. The number of aromatic amines is 1. The molecule has 94 valence electrons. The summed E-state index contributed by atoms with van der Waals surface area (Å²) in [6, 6.07) is -0.0335. The first-order chi connectivity index (χ1) is 8.16. The van der Waals surface area contributed by atoms with Crippen LogP contribution < -0.4 is 5.32 Å². The Hall–Kier alpha value is -1.43. The van der Waals surface area contributed by atoms with Gasteiger partial charge >= 0.3 is 0 Å². The number of rotatable bonds is 3. The number of hydrogen-bond acceptors (Lipinski definition) is 4. The molecule has 0 aliphatic carbocycles. The smallest absolute Gasteiger partial charge is 0.239 e. The van der Waals surface area contributed by atoms with Gasteiger partial charge < -0.3 is 10.2 Å². The van der Waals surface area contributed by atoms with Crippen molar-refractivity contribution >= 4 is 5.91 Å². The predicted molar refractivity (Wildman–Crippen MR) is 63.2 cm³/mol. The fourth-order valence-corrected chi connectivity index (χ4v) is 2.08.